The molecule has 0 saturated carbocycles. The summed E-state index contributed by atoms with van der Waals surface area (Å²) in [4.78, 5) is 12.5. The van der Waals surface area contributed by atoms with Gasteiger partial charge in [-0.1, -0.05) is 46.2 Å². The summed E-state index contributed by atoms with van der Waals surface area (Å²) < 4.78 is 32.2. The van der Waals surface area contributed by atoms with E-state index < -0.39 is 10.4 Å². The van der Waals surface area contributed by atoms with Gasteiger partial charge >= 0.3 is 0 Å². The third kappa shape index (κ3) is 5.54. The topological polar surface area (TPSA) is 90.5 Å². The van der Waals surface area contributed by atoms with Gasteiger partial charge in [-0.3, -0.25) is 4.79 Å². The second-order valence-corrected chi connectivity index (χ2v) is 8.54. The van der Waals surface area contributed by atoms with Crippen LogP contribution >= 0.6 is 0 Å². The molecule has 6 nitrogen and oxygen atoms in total. The van der Waals surface area contributed by atoms with Crippen molar-refractivity contribution in [3.8, 4) is 16.9 Å². The Hall–Kier alpha value is -3.00. The first-order chi connectivity index (χ1) is 14.4. The molecule has 156 valence electrons. The van der Waals surface area contributed by atoms with Crippen molar-refractivity contribution in [1.82, 2.24) is 10.0 Å². The molecule has 3 rings (SSSR count). The number of carbonyl (C=O) groups is 1. The highest BCUT2D eigenvalue weighted by Gasteiger charge is 2.19. The van der Waals surface area contributed by atoms with Gasteiger partial charge in [0, 0.05) is 12.1 Å². The van der Waals surface area contributed by atoms with Gasteiger partial charge in [0.15, 0.2) is 15.3 Å². The minimum absolute atomic E-state index is 0.101. The van der Waals surface area contributed by atoms with Crippen molar-refractivity contribution in [3.05, 3.63) is 83.9 Å². The summed E-state index contributed by atoms with van der Waals surface area (Å²) >= 11 is 0. The molecule has 0 fully saturated rings. The summed E-state index contributed by atoms with van der Waals surface area (Å²) in [7, 11) is -1.97. The van der Waals surface area contributed by atoms with Crippen molar-refractivity contribution in [2.45, 2.75) is 11.8 Å². The summed E-state index contributed by atoms with van der Waals surface area (Å²) in [6.07, 6.45) is 0. The molecule has 3 aromatic rings. The Morgan fingerprint density at radius 1 is 0.967 bits per heavy atom. The average Bonchev–Trinajstić information content (AvgIpc) is 2.77. The largest absolute Gasteiger partial charge is 0.593 e. The van der Waals surface area contributed by atoms with Crippen LogP contribution in [0.2, 0.25) is 0 Å². The first kappa shape index (κ1) is 21.7. The molecule has 0 aliphatic heterocycles. The average molecular weight is 425 g/mol. The van der Waals surface area contributed by atoms with E-state index in [9.17, 15) is 13.6 Å². The van der Waals surface area contributed by atoms with E-state index in [1.54, 1.807) is 43.5 Å². The number of nitrogens with one attached hydrogen (secondary N) is 2. The predicted molar refractivity (Wildman–Crippen MR) is 117 cm³/mol. The number of benzene rings is 3. The minimum atomic E-state index is -3.59. The summed E-state index contributed by atoms with van der Waals surface area (Å²) in [5.74, 6) is 0.504. The van der Waals surface area contributed by atoms with Gasteiger partial charge in [-0.25, -0.2) is 0 Å². The molecular formula is C23H24N2O4S. The predicted octanol–water partition coefficient (Wildman–Crippen LogP) is 3.59. The van der Waals surface area contributed by atoms with E-state index in [2.05, 4.69) is 10.0 Å². The highest BCUT2D eigenvalue weighted by atomic mass is 32.3. The molecule has 0 bridgehead atoms. The van der Waals surface area contributed by atoms with E-state index in [0.29, 0.717) is 5.56 Å². The lowest BCUT2D eigenvalue weighted by atomic mass is 10.0. The molecule has 3 aromatic carbocycles. The normalized spacial score (nSPS) is 12.8. The van der Waals surface area contributed by atoms with Gasteiger partial charge in [0.05, 0.1) is 13.7 Å². The van der Waals surface area contributed by atoms with Crippen LogP contribution in [-0.2, 0) is 14.6 Å². The highest BCUT2D eigenvalue weighted by Crippen LogP contribution is 2.24. The Balaban J connectivity index is 1.52. The van der Waals surface area contributed by atoms with Crippen LogP contribution in [0.3, 0.4) is 0 Å². The smallest absolute Gasteiger partial charge is 0.251 e. The molecule has 30 heavy (non-hydrogen) atoms. The van der Waals surface area contributed by atoms with Crippen LogP contribution in [0.4, 0.5) is 0 Å². The summed E-state index contributed by atoms with van der Waals surface area (Å²) in [6, 6.07) is 21.5. The van der Waals surface area contributed by atoms with Gasteiger partial charge in [-0.2, -0.15) is 0 Å². The number of carbonyl (C=O) groups excluding carboxylic acids is 1. The van der Waals surface area contributed by atoms with Crippen LogP contribution in [0.25, 0.3) is 11.1 Å². The van der Waals surface area contributed by atoms with Gasteiger partial charge < -0.3 is 14.6 Å². The van der Waals surface area contributed by atoms with E-state index in [-0.39, 0.29) is 23.9 Å². The Morgan fingerprint density at radius 2 is 1.67 bits per heavy atom. The van der Waals surface area contributed by atoms with Crippen molar-refractivity contribution in [3.63, 3.8) is 0 Å². The molecule has 2 N–H and O–H groups in total. The number of methoxy groups -OCH3 is 1. The van der Waals surface area contributed by atoms with E-state index in [1.807, 2.05) is 43.3 Å². The van der Waals surface area contributed by atoms with Crippen molar-refractivity contribution in [2.24, 2.45) is 0 Å². The molecule has 0 spiro atoms. The van der Waals surface area contributed by atoms with Crippen molar-refractivity contribution >= 4 is 16.3 Å². The van der Waals surface area contributed by atoms with Gasteiger partial charge in [0.2, 0.25) is 0 Å². The Bertz CT molecular complexity index is 1050. The molecule has 1 unspecified atom stereocenters. The molecule has 0 aliphatic rings. The van der Waals surface area contributed by atoms with Gasteiger partial charge in [-0.05, 0) is 54.4 Å². The van der Waals surface area contributed by atoms with Crippen molar-refractivity contribution in [1.29, 1.82) is 0 Å². The van der Waals surface area contributed by atoms with Crippen molar-refractivity contribution < 1.29 is 18.3 Å². The summed E-state index contributed by atoms with van der Waals surface area (Å²) in [5, 5.41) is 2.72. The van der Waals surface area contributed by atoms with Crippen LogP contribution in [0.5, 0.6) is 5.75 Å². The number of amides is 1. The number of rotatable bonds is 8. The quantitative estimate of drug-likeness (QED) is 0.427. The highest BCUT2D eigenvalue weighted by molar-refractivity contribution is 7.95. The summed E-state index contributed by atoms with van der Waals surface area (Å²) in [6.45, 7) is 2.17. The minimum Gasteiger partial charge on any atom is -0.593 e. The molecule has 0 radical (unpaired) electrons. The van der Waals surface area contributed by atoms with Gasteiger partial charge in [0.1, 0.15) is 5.75 Å². The standard InChI is InChI=1S/C23H24N2O4S/c1-17-6-12-22(13-7-17)30(27,28)25-15-14-24-23(26)19-10-8-18(9-11-19)20-4-3-5-21(16-20)29-2/h3-13,16H,14-15H2,1-2H3,(H2-,24,25,26,27,28). The zero-order valence-corrected chi connectivity index (χ0v) is 17.7. The number of hydrogen-bond donors (Lipinski definition) is 2. The number of ether oxygens (including phenoxy) is 1. The Kier molecular flexibility index (Phi) is 6.99. The molecule has 0 aromatic heterocycles. The molecule has 0 heterocycles. The lowest BCUT2D eigenvalue weighted by Crippen LogP contribution is -2.37. The molecular weight excluding hydrogens is 400 g/mol. The molecule has 1 amide bonds. The third-order valence-electron chi connectivity index (χ3n) is 4.58. The second kappa shape index (κ2) is 9.67. The Labute approximate surface area is 177 Å². The third-order valence-corrected chi connectivity index (χ3v) is 6.06. The van der Waals surface area contributed by atoms with Crippen LogP contribution in [-0.4, -0.2) is 30.7 Å². The van der Waals surface area contributed by atoms with E-state index in [4.69, 9.17) is 4.74 Å². The van der Waals surface area contributed by atoms with E-state index >= 15 is 0 Å². The Morgan fingerprint density at radius 3 is 2.33 bits per heavy atom. The fraction of sp³-hybridized carbons (Fsp3) is 0.174. The molecule has 0 saturated heterocycles. The first-order valence-electron chi connectivity index (χ1n) is 9.48. The van der Waals surface area contributed by atoms with Crippen LogP contribution in [0.1, 0.15) is 15.9 Å². The first-order valence-corrected chi connectivity index (χ1v) is 11.0. The SMILES string of the molecule is COc1cccc(-c2ccc(C(=O)NCCN[S+](=O)([O-])c3ccc(C)cc3)cc2)c1. The van der Waals surface area contributed by atoms with Crippen LogP contribution in [0, 0.1) is 6.92 Å². The maximum atomic E-state index is 12.3. The number of aryl methyl sites for hydroxylation is 1. The number of sulfonamides is 1. The van der Waals surface area contributed by atoms with Crippen LogP contribution < -0.4 is 14.8 Å². The summed E-state index contributed by atoms with van der Waals surface area (Å²) in [5.41, 5.74) is 3.45. The number of hydrogen-bond acceptors (Lipinski definition) is 4. The van der Waals surface area contributed by atoms with Crippen molar-refractivity contribution in [2.75, 3.05) is 20.2 Å². The lowest BCUT2D eigenvalue weighted by Gasteiger charge is -2.15. The molecule has 0 aliphatic carbocycles. The molecule has 7 heteroatoms. The zero-order valence-electron chi connectivity index (χ0n) is 16.9. The lowest BCUT2D eigenvalue weighted by molar-refractivity contribution is 0.0954. The van der Waals surface area contributed by atoms with Crippen LogP contribution in [0.15, 0.2) is 77.7 Å². The fourth-order valence-corrected chi connectivity index (χ4v) is 3.91. The van der Waals surface area contributed by atoms with E-state index in [1.165, 1.54) is 0 Å². The maximum Gasteiger partial charge on any atom is 0.251 e. The fourth-order valence-electron chi connectivity index (χ4n) is 2.88. The maximum absolute atomic E-state index is 12.3. The monoisotopic (exact) mass is 424 g/mol. The van der Waals surface area contributed by atoms with Gasteiger partial charge in [0.25, 0.3) is 5.91 Å². The van der Waals surface area contributed by atoms with Gasteiger partial charge in [-0.15, -0.1) is 4.72 Å². The second-order valence-electron chi connectivity index (χ2n) is 6.78. The van der Waals surface area contributed by atoms with E-state index in [0.717, 1.165) is 22.4 Å². The zero-order chi connectivity index (χ0) is 21.6. The molecule has 1 atom stereocenters.